The SMILES string of the molecule is C[SiH]1O[SiH](C)O[Si](C)(CCCN=C=O)O[SiH](C)O1. The van der Waals surface area contributed by atoms with Gasteiger partial charge in [-0.2, -0.15) is 0 Å². The van der Waals surface area contributed by atoms with Crippen molar-refractivity contribution in [3.63, 3.8) is 0 Å². The third-order valence-electron chi connectivity index (χ3n) is 2.56. The summed E-state index contributed by atoms with van der Waals surface area (Å²) < 4.78 is 23.8. The van der Waals surface area contributed by atoms with Gasteiger partial charge in [0, 0.05) is 0 Å². The summed E-state index contributed by atoms with van der Waals surface area (Å²) in [5.41, 5.74) is 0. The van der Waals surface area contributed by atoms with Gasteiger partial charge in [-0.25, -0.2) is 9.79 Å². The molecule has 2 atom stereocenters. The fourth-order valence-corrected chi connectivity index (χ4v) is 16.7. The largest absolute Gasteiger partial charge is 0.420 e. The molecule has 1 aliphatic heterocycles. The van der Waals surface area contributed by atoms with E-state index < -0.39 is 36.4 Å². The van der Waals surface area contributed by atoms with Crippen molar-refractivity contribution in [2.75, 3.05) is 6.54 Å². The number of nitrogens with zero attached hydrogens (tertiary/aromatic N) is 1. The van der Waals surface area contributed by atoms with Gasteiger partial charge in [-0.1, -0.05) is 0 Å². The first-order valence-corrected chi connectivity index (χ1v) is 15.0. The van der Waals surface area contributed by atoms with Gasteiger partial charge in [-0.05, 0) is 38.7 Å². The van der Waals surface area contributed by atoms with Crippen molar-refractivity contribution >= 4 is 42.5 Å². The Hall–Kier alpha value is 0.0875. The quantitative estimate of drug-likeness (QED) is 0.324. The second-order valence-electron chi connectivity index (χ2n) is 4.42. The van der Waals surface area contributed by atoms with Crippen LogP contribution in [0.1, 0.15) is 6.42 Å². The van der Waals surface area contributed by atoms with Crippen LogP contribution in [0.2, 0.25) is 32.2 Å². The van der Waals surface area contributed by atoms with Crippen molar-refractivity contribution in [1.29, 1.82) is 0 Å². The summed E-state index contributed by atoms with van der Waals surface area (Å²) in [6.45, 7) is 8.58. The molecule has 0 radical (unpaired) electrons. The number of carbonyl (C=O) groups excluding carboxylic acids is 1. The first-order chi connectivity index (χ1) is 8.45. The zero-order valence-corrected chi connectivity index (χ0v) is 15.8. The van der Waals surface area contributed by atoms with Crippen LogP contribution < -0.4 is 0 Å². The first-order valence-electron chi connectivity index (χ1n) is 6.15. The molecule has 1 heterocycles. The first kappa shape index (κ1) is 16.1. The van der Waals surface area contributed by atoms with Crippen LogP contribution >= 0.6 is 0 Å². The van der Waals surface area contributed by atoms with Crippen LogP contribution in [-0.4, -0.2) is 49.0 Å². The maximum absolute atomic E-state index is 10.0. The van der Waals surface area contributed by atoms with Crippen molar-refractivity contribution in [2.24, 2.45) is 4.99 Å². The van der Waals surface area contributed by atoms with E-state index in [0.29, 0.717) is 6.54 Å². The molecule has 0 aromatic carbocycles. The van der Waals surface area contributed by atoms with E-state index in [2.05, 4.69) is 11.5 Å². The average Bonchev–Trinajstić information content (AvgIpc) is 2.21. The summed E-state index contributed by atoms with van der Waals surface area (Å²) in [4.78, 5) is 13.6. The highest BCUT2D eigenvalue weighted by molar-refractivity contribution is 6.81. The highest BCUT2D eigenvalue weighted by Crippen LogP contribution is 2.21. The van der Waals surface area contributed by atoms with E-state index in [1.165, 1.54) is 0 Å². The van der Waals surface area contributed by atoms with E-state index in [1.54, 1.807) is 6.08 Å². The molecule has 1 aliphatic rings. The molecule has 0 N–H and O–H groups in total. The van der Waals surface area contributed by atoms with Gasteiger partial charge in [0.2, 0.25) is 6.08 Å². The van der Waals surface area contributed by atoms with E-state index in [-0.39, 0.29) is 0 Å². The number of rotatable bonds is 4. The van der Waals surface area contributed by atoms with Gasteiger partial charge in [0.15, 0.2) is 0 Å². The molecule has 0 aliphatic carbocycles. The lowest BCUT2D eigenvalue weighted by Gasteiger charge is -2.37. The van der Waals surface area contributed by atoms with Gasteiger partial charge in [-0.15, -0.1) is 0 Å². The second-order valence-corrected chi connectivity index (χ2v) is 14.7. The lowest BCUT2D eigenvalue weighted by Crippen LogP contribution is -2.53. The van der Waals surface area contributed by atoms with E-state index >= 15 is 0 Å². The maximum Gasteiger partial charge on any atom is 0.317 e. The van der Waals surface area contributed by atoms with Crippen molar-refractivity contribution in [3.8, 4) is 0 Å². The minimum atomic E-state index is -2.22. The molecule has 0 spiro atoms. The van der Waals surface area contributed by atoms with Crippen LogP contribution in [0.4, 0.5) is 0 Å². The van der Waals surface area contributed by atoms with Gasteiger partial charge in [0.1, 0.15) is 0 Å². The Morgan fingerprint density at radius 3 is 2.17 bits per heavy atom. The van der Waals surface area contributed by atoms with Crippen LogP contribution in [0.3, 0.4) is 0 Å². The standard InChI is InChI=1S/C8H21NO5Si4/c1-15-11-16(2)13-18(4,14-17(3)12-15)7-5-6-9-8-10/h15-17H,5-7H2,1-4H3. The lowest BCUT2D eigenvalue weighted by molar-refractivity contribution is 0.274. The summed E-state index contributed by atoms with van der Waals surface area (Å²) in [5.74, 6) is 0. The molecule has 18 heavy (non-hydrogen) atoms. The third kappa shape index (κ3) is 5.82. The molecule has 1 rings (SSSR count). The predicted molar refractivity (Wildman–Crippen MR) is 77.4 cm³/mol. The minimum absolute atomic E-state index is 0.484. The van der Waals surface area contributed by atoms with E-state index in [1.807, 2.05) is 19.6 Å². The molecular formula is C8H21NO5Si4. The van der Waals surface area contributed by atoms with Crippen LogP contribution in [-0.2, 0) is 21.3 Å². The highest BCUT2D eigenvalue weighted by atomic mass is 28.5. The number of hydrogen-bond donors (Lipinski definition) is 0. The smallest absolute Gasteiger partial charge is 0.317 e. The van der Waals surface area contributed by atoms with E-state index in [9.17, 15) is 4.79 Å². The van der Waals surface area contributed by atoms with E-state index in [0.717, 1.165) is 12.5 Å². The molecule has 6 nitrogen and oxygen atoms in total. The topological polar surface area (TPSA) is 66.4 Å². The Kier molecular flexibility index (Phi) is 6.84. The Labute approximate surface area is 114 Å². The summed E-state index contributed by atoms with van der Waals surface area (Å²) in [5, 5.41) is 0. The van der Waals surface area contributed by atoms with Gasteiger partial charge >= 0.3 is 8.56 Å². The summed E-state index contributed by atoms with van der Waals surface area (Å²) in [6.07, 6.45) is 2.33. The lowest BCUT2D eigenvalue weighted by atomic mass is 10.5. The molecule has 0 aromatic heterocycles. The van der Waals surface area contributed by atoms with Crippen molar-refractivity contribution < 1.29 is 21.3 Å². The normalized spacial score (nSPS) is 37.4. The van der Waals surface area contributed by atoms with Crippen molar-refractivity contribution in [1.82, 2.24) is 0 Å². The minimum Gasteiger partial charge on any atom is -0.420 e. The summed E-state index contributed by atoms with van der Waals surface area (Å²) in [7, 11) is -7.07. The molecule has 1 fully saturated rings. The zero-order valence-electron chi connectivity index (χ0n) is 11.3. The monoisotopic (exact) mass is 323 g/mol. The molecule has 0 bridgehead atoms. The maximum atomic E-state index is 10.0. The molecule has 2 unspecified atom stereocenters. The fourth-order valence-electron chi connectivity index (χ4n) is 2.00. The van der Waals surface area contributed by atoms with Crippen molar-refractivity contribution in [2.45, 2.75) is 38.7 Å². The van der Waals surface area contributed by atoms with E-state index in [4.69, 9.17) is 16.5 Å². The Morgan fingerprint density at radius 1 is 1.11 bits per heavy atom. The molecule has 10 heteroatoms. The van der Waals surface area contributed by atoms with Gasteiger partial charge in [0.25, 0.3) is 27.9 Å². The van der Waals surface area contributed by atoms with Gasteiger partial charge in [-0.3, -0.25) is 0 Å². The van der Waals surface area contributed by atoms with Crippen molar-refractivity contribution in [3.05, 3.63) is 0 Å². The zero-order chi connectivity index (χ0) is 13.6. The predicted octanol–water partition coefficient (Wildman–Crippen LogP) is 0.415. The van der Waals surface area contributed by atoms with Gasteiger partial charge in [0.05, 0.1) is 6.54 Å². The molecule has 0 saturated carbocycles. The second kappa shape index (κ2) is 7.62. The number of isocyanates is 1. The number of aliphatic imine (C=N–C) groups is 1. The Morgan fingerprint density at radius 2 is 1.67 bits per heavy atom. The highest BCUT2D eigenvalue weighted by Gasteiger charge is 2.38. The van der Waals surface area contributed by atoms with Crippen LogP contribution in [0.15, 0.2) is 4.99 Å². The fraction of sp³-hybridized carbons (Fsp3) is 0.875. The molecule has 104 valence electrons. The summed E-state index contributed by atoms with van der Waals surface area (Å²) >= 11 is 0. The van der Waals surface area contributed by atoms with Crippen LogP contribution in [0.5, 0.6) is 0 Å². The average molecular weight is 324 g/mol. The molecule has 0 aromatic rings. The summed E-state index contributed by atoms with van der Waals surface area (Å²) in [6, 6.07) is 0.815. The van der Waals surface area contributed by atoms with Crippen LogP contribution in [0.25, 0.3) is 0 Å². The molecule has 1 saturated heterocycles. The third-order valence-corrected chi connectivity index (χ3v) is 16.6. The molecular weight excluding hydrogens is 302 g/mol. The Balaban J connectivity index is 2.56. The van der Waals surface area contributed by atoms with Crippen LogP contribution in [0, 0.1) is 0 Å². The number of hydrogen-bond acceptors (Lipinski definition) is 6. The molecule has 0 amide bonds. The van der Waals surface area contributed by atoms with Gasteiger partial charge < -0.3 is 16.5 Å². The Bertz CT molecular complexity index is 300.